The third-order valence-electron chi connectivity index (χ3n) is 2.50. The zero-order valence-corrected chi connectivity index (χ0v) is 10.5. The molecular formula is C13H21NO3. The first kappa shape index (κ1) is 13.8. The second kappa shape index (κ2) is 7.14. The molecule has 17 heavy (non-hydrogen) atoms. The van der Waals surface area contributed by atoms with E-state index in [1.165, 1.54) is 0 Å². The molecule has 0 aliphatic carbocycles. The molecule has 0 aliphatic heterocycles. The highest BCUT2D eigenvalue weighted by Crippen LogP contribution is 2.28. The molecule has 1 rings (SSSR count). The van der Waals surface area contributed by atoms with Crippen LogP contribution in [0.4, 0.5) is 0 Å². The summed E-state index contributed by atoms with van der Waals surface area (Å²) in [5.41, 5.74) is 6.42. The highest BCUT2D eigenvalue weighted by atomic mass is 16.5. The second-order valence-electron chi connectivity index (χ2n) is 3.85. The van der Waals surface area contributed by atoms with Gasteiger partial charge in [-0.3, -0.25) is 0 Å². The minimum atomic E-state index is -0.400. The summed E-state index contributed by atoms with van der Waals surface area (Å²) in [5.74, 6) is 1.43. The summed E-state index contributed by atoms with van der Waals surface area (Å²) in [6, 6.07) is 5.69. The maximum atomic E-state index is 9.70. The Hall–Kier alpha value is -1.26. The van der Waals surface area contributed by atoms with E-state index in [1.54, 1.807) is 7.11 Å². The van der Waals surface area contributed by atoms with Crippen LogP contribution in [0.3, 0.4) is 0 Å². The zero-order chi connectivity index (χ0) is 12.7. The Kier molecular flexibility index (Phi) is 5.80. The largest absolute Gasteiger partial charge is 0.493 e. The summed E-state index contributed by atoms with van der Waals surface area (Å²) in [4.78, 5) is 0. The van der Waals surface area contributed by atoms with Crippen molar-refractivity contribution in [2.45, 2.75) is 25.9 Å². The van der Waals surface area contributed by atoms with Crippen molar-refractivity contribution in [2.24, 2.45) is 5.73 Å². The Morgan fingerprint density at radius 1 is 1.35 bits per heavy atom. The topological polar surface area (TPSA) is 64.7 Å². The fourth-order valence-corrected chi connectivity index (χ4v) is 1.68. The molecule has 0 aromatic heterocycles. The van der Waals surface area contributed by atoms with Gasteiger partial charge in [0, 0.05) is 0 Å². The van der Waals surface area contributed by atoms with Gasteiger partial charge in [-0.2, -0.15) is 0 Å². The average molecular weight is 239 g/mol. The van der Waals surface area contributed by atoms with Crippen LogP contribution in [0.1, 0.15) is 18.9 Å². The second-order valence-corrected chi connectivity index (χ2v) is 3.85. The van der Waals surface area contributed by atoms with Crippen LogP contribution in [-0.2, 0) is 6.42 Å². The Morgan fingerprint density at radius 3 is 2.71 bits per heavy atom. The van der Waals surface area contributed by atoms with E-state index in [2.05, 4.69) is 0 Å². The monoisotopic (exact) mass is 239 g/mol. The quantitative estimate of drug-likeness (QED) is 0.753. The summed E-state index contributed by atoms with van der Waals surface area (Å²) in [6.07, 6.45) is 0.792. The molecule has 0 saturated carbocycles. The molecule has 0 heterocycles. The van der Waals surface area contributed by atoms with Crippen molar-refractivity contribution in [3.63, 3.8) is 0 Å². The molecule has 0 bridgehead atoms. The van der Waals surface area contributed by atoms with Gasteiger partial charge < -0.3 is 20.3 Å². The number of ether oxygens (including phenoxy) is 2. The number of aliphatic hydroxyl groups is 1. The molecule has 4 nitrogen and oxygen atoms in total. The standard InChI is InChI=1S/C13H21NO3/c1-3-17-13-9-10(4-5-12(13)16-2)8-11(15)6-7-14/h4-5,9,11,15H,3,6-8,14H2,1-2H3. The molecule has 0 radical (unpaired) electrons. The number of aliphatic hydroxyl groups excluding tert-OH is 1. The van der Waals surface area contributed by atoms with Crippen LogP contribution < -0.4 is 15.2 Å². The highest BCUT2D eigenvalue weighted by molar-refractivity contribution is 5.43. The third-order valence-corrected chi connectivity index (χ3v) is 2.50. The predicted octanol–water partition coefficient (Wildman–Crippen LogP) is 1.35. The van der Waals surface area contributed by atoms with Gasteiger partial charge in [-0.05, 0) is 44.0 Å². The van der Waals surface area contributed by atoms with E-state index in [-0.39, 0.29) is 0 Å². The highest BCUT2D eigenvalue weighted by Gasteiger charge is 2.09. The fraction of sp³-hybridized carbons (Fsp3) is 0.538. The van der Waals surface area contributed by atoms with Crippen molar-refractivity contribution in [3.8, 4) is 11.5 Å². The van der Waals surface area contributed by atoms with Gasteiger partial charge in [0.1, 0.15) is 0 Å². The van der Waals surface area contributed by atoms with Crippen LogP contribution in [0.5, 0.6) is 11.5 Å². The van der Waals surface area contributed by atoms with Crippen molar-refractivity contribution >= 4 is 0 Å². The maximum Gasteiger partial charge on any atom is 0.161 e. The smallest absolute Gasteiger partial charge is 0.161 e. The lowest BCUT2D eigenvalue weighted by Gasteiger charge is -2.13. The number of benzene rings is 1. The van der Waals surface area contributed by atoms with Crippen molar-refractivity contribution in [3.05, 3.63) is 23.8 Å². The van der Waals surface area contributed by atoms with Crippen LogP contribution in [0.25, 0.3) is 0 Å². The molecule has 1 aromatic carbocycles. The van der Waals surface area contributed by atoms with Crippen molar-refractivity contribution in [2.75, 3.05) is 20.3 Å². The van der Waals surface area contributed by atoms with Gasteiger partial charge in [-0.25, -0.2) is 0 Å². The van der Waals surface area contributed by atoms with Crippen molar-refractivity contribution < 1.29 is 14.6 Å². The summed E-state index contributed by atoms with van der Waals surface area (Å²) in [5, 5.41) is 9.70. The Balaban J connectivity index is 2.76. The van der Waals surface area contributed by atoms with E-state index in [9.17, 15) is 5.11 Å². The molecule has 4 heteroatoms. The van der Waals surface area contributed by atoms with Gasteiger partial charge in [-0.15, -0.1) is 0 Å². The number of hydrogen-bond acceptors (Lipinski definition) is 4. The normalized spacial score (nSPS) is 12.2. The lowest BCUT2D eigenvalue weighted by molar-refractivity contribution is 0.167. The molecule has 0 spiro atoms. The van der Waals surface area contributed by atoms with Gasteiger partial charge in [0.05, 0.1) is 19.8 Å². The molecule has 1 aromatic rings. The van der Waals surface area contributed by atoms with Gasteiger partial charge in [0.15, 0.2) is 11.5 Å². The number of nitrogens with two attached hydrogens (primary N) is 1. The first-order chi connectivity index (χ1) is 8.21. The summed E-state index contributed by atoms with van der Waals surface area (Å²) >= 11 is 0. The molecule has 3 N–H and O–H groups in total. The van der Waals surface area contributed by atoms with E-state index in [0.29, 0.717) is 37.5 Å². The van der Waals surface area contributed by atoms with E-state index >= 15 is 0 Å². The first-order valence-electron chi connectivity index (χ1n) is 5.89. The van der Waals surface area contributed by atoms with Gasteiger partial charge in [0.2, 0.25) is 0 Å². The Morgan fingerprint density at radius 2 is 2.12 bits per heavy atom. The number of methoxy groups -OCH3 is 1. The third kappa shape index (κ3) is 4.24. The van der Waals surface area contributed by atoms with Crippen LogP contribution in [0.2, 0.25) is 0 Å². The van der Waals surface area contributed by atoms with Crippen LogP contribution >= 0.6 is 0 Å². The molecular weight excluding hydrogens is 218 g/mol. The molecule has 1 unspecified atom stereocenters. The lowest BCUT2D eigenvalue weighted by atomic mass is 10.1. The molecule has 0 amide bonds. The van der Waals surface area contributed by atoms with Gasteiger partial charge in [-0.1, -0.05) is 6.07 Å². The Labute approximate surface area is 102 Å². The molecule has 0 fully saturated rings. The number of rotatable bonds is 7. The zero-order valence-electron chi connectivity index (χ0n) is 10.5. The minimum absolute atomic E-state index is 0.400. The lowest BCUT2D eigenvalue weighted by Crippen LogP contribution is -2.16. The Bertz CT molecular complexity index is 341. The minimum Gasteiger partial charge on any atom is -0.493 e. The average Bonchev–Trinajstić information content (AvgIpc) is 2.30. The fourth-order valence-electron chi connectivity index (χ4n) is 1.68. The maximum absolute atomic E-state index is 9.70. The summed E-state index contributed by atoms with van der Waals surface area (Å²) in [7, 11) is 1.61. The predicted molar refractivity (Wildman–Crippen MR) is 67.5 cm³/mol. The number of hydrogen-bond donors (Lipinski definition) is 2. The summed E-state index contributed by atoms with van der Waals surface area (Å²) in [6.45, 7) is 3.01. The molecule has 0 aliphatic rings. The van der Waals surface area contributed by atoms with Gasteiger partial charge >= 0.3 is 0 Å². The van der Waals surface area contributed by atoms with E-state index in [1.807, 2.05) is 25.1 Å². The van der Waals surface area contributed by atoms with Crippen molar-refractivity contribution in [1.29, 1.82) is 0 Å². The van der Waals surface area contributed by atoms with Crippen molar-refractivity contribution in [1.82, 2.24) is 0 Å². The van der Waals surface area contributed by atoms with E-state index in [4.69, 9.17) is 15.2 Å². The SMILES string of the molecule is CCOc1cc(CC(O)CCN)ccc1OC. The van der Waals surface area contributed by atoms with E-state index < -0.39 is 6.10 Å². The summed E-state index contributed by atoms with van der Waals surface area (Å²) < 4.78 is 10.7. The van der Waals surface area contributed by atoms with Gasteiger partial charge in [0.25, 0.3) is 0 Å². The van der Waals surface area contributed by atoms with Crippen LogP contribution in [0, 0.1) is 0 Å². The molecule has 1 atom stereocenters. The van der Waals surface area contributed by atoms with Crippen LogP contribution in [0.15, 0.2) is 18.2 Å². The molecule has 0 saturated heterocycles. The molecule has 96 valence electrons. The first-order valence-corrected chi connectivity index (χ1v) is 5.89. The van der Waals surface area contributed by atoms with E-state index in [0.717, 1.165) is 5.56 Å². The van der Waals surface area contributed by atoms with Crippen LogP contribution in [-0.4, -0.2) is 31.5 Å².